The molecule has 0 radical (unpaired) electrons. The maximum absolute atomic E-state index is 14.7. The van der Waals surface area contributed by atoms with Crippen molar-refractivity contribution >= 4 is 34.3 Å². The zero-order valence-electron chi connectivity index (χ0n) is 23.6. The lowest BCUT2D eigenvalue weighted by molar-refractivity contribution is -0.140. The average molecular weight is 607 g/mol. The highest BCUT2D eigenvalue weighted by molar-refractivity contribution is 6.03. The Morgan fingerprint density at radius 1 is 1.05 bits per heavy atom. The highest BCUT2D eigenvalue weighted by atomic mass is 19.4. The summed E-state index contributed by atoms with van der Waals surface area (Å²) in [6, 6.07) is 8.39. The Balaban J connectivity index is 1.30. The molecule has 5 heterocycles. The third-order valence-electron chi connectivity index (χ3n) is 7.34. The molecule has 2 N–H and O–H groups in total. The van der Waals surface area contributed by atoms with Gasteiger partial charge in [0.25, 0.3) is 5.91 Å². The number of benzene rings is 1. The van der Waals surface area contributed by atoms with Crippen LogP contribution in [0.15, 0.2) is 55.4 Å². The van der Waals surface area contributed by atoms with E-state index < -0.39 is 34.7 Å². The number of hydrogen-bond acceptors (Lipinski definition) is 8. The molecule has 1 unspecified atom stereocenters. The second-order valence-corrected chi connectivity index (χ2v) is 10.4. The Morgan fingerprint density at radius 2 is 1.89 bits per heavy atom. The second-order valence-electron chi connectivity index (χ2n) is 10.4. The number of aryl methyl sites for hydroxylation is 2. The molecule has 0 bridgehead atoms. The number of rotatable bonds is 6. The van der Waals surface area contributed by atoms with Gasteiger partial charge in [0, 0.05) is 35.9 Å². The van der Waals surface area contributed by atoms with Crippen LogP contribution >= 0.6 is 0 Å². The molecular weight excluding hydrogens is 580 g/mol. The Hall–Kier alpha value is -4.98. The van der Waals surface area contributed by atoms with Crippen molar-refractivity contribution in [2.24, 2.45) is 0 Å². The summed E-state index contributed by atoms with van der Waals surface area (Å²) >= 11 is 0. The number of aromatic nitrogens is 6. The molecule has 10 nitrogen and oxygen atoms in total. The normalized spacial score (nSPS) is 15.4. The van der Waals surface area contributed by atoms with Crippen LogP contribution in [0.1, 0.15) is 52.7 Å². The number of nitrogens with zero attached hydrogens (tertiary/aromatic N) is 6. The van der Waals surface area contributed by atoms with Crippen LogP contribution in [0.25, 0.3) is 22.4 Å². The van der Waals surface area contributed by atoms with Crippen molar-refractivity contribution in [2.75, 3.05) is 17.2 Å². The molecule has 4 aromatic heterocycles. The van der Waals surface area contributed by atoms with Gasteiger partial charge in [-0.3, -0.25) is 9.36 Å². The van der Waals surface area contributed by atoms with Crippen molar-refractivity contribution < 1.29 is 27.1 Å². The lowest BCUT2D eigenvalue weighted by Gasteiger charge is -2.23. The van der Waals surface area contributed by atoms with E-state index in [-0.39, 0.29) is 11.9 Å². The van der Waals surface area contributed by atoms with E-state index in [4.69, 9.17) is 4.74 Å². The fourth-order valence-corrected chi connectivity index (χ4v) is 5.13. The standard InChI is InChI=1S/C30H26F4N8O2/c1-16-8-9-18(40-29(43)25-23(31)22(30(32,33)34)17(2)13-36-25)12-20(16)41-27-19(6-5-10-35-27)24-26-28(38-14-37-24)42(15-39-26)21-7-3-4-11-44-21/h5-6,8-10,12-15,21H,3-4,7,11H2,1-2H3,(H,35,41)(H,40,43). The number of hydrogen-bond donors (Lipinski definition) is 2. The first kappa shape index (κ1) is 29.1. The SMILES string of the molecule is Cc1ccc(NC(=O)c2ncc(C)c(C(F)(F)F)c2F)cc1Nc1ncccc1-c1ncnc2c1ncn2C1CCCCO1. The van der Waals surface area contributed by atoms with Gasteiger partial charge in [0.2, 0.25) is 0 Å². The van der Waals surface area contributed by atoms with E-state index in [1.807, 2.05) is 17.6 Å². The quantitative estimate of drug-likeness (QED) is 0.204. The molecule has 1 saturated heterocycles. The summed E-state index contributed by atoms with van der Waals surface area (Å²) in [5.74, 6) is -2.42. The molecule has 1 aliphatic heterocycles. The van der Waals surface area contributed by atoms with Gasteiger partial charge in [0.15, 0.2) is 17.2 Å². The zero-order chi connectivity index (χ0) is 31.0. The van der Waals surface area contributed by atoms with Gasteiger partial charge in [-0.15, -0.1) is 0 Å². The van der Waals surface area contributed by atoms with Crippen LogP contribution in [-0.2, 0) is 10.9 Å². The summed E-state index contributed by atoms with van der Waals surface area (Å²) < 4.78 is 62.7. The van der Waals surface area contributed by atoms with Crippen LogP contribution in [-0.4, -0.2) is 42.0 Å². The molecule has 1 atom stereocenters. The predicted octanol–water partition coefficient (Wildman–Crippen LogP) is 6.75. The number of ether oxygens (including phenoxy) is 1. The third-order valence-corrected chi connectivity index (χ3v) is 7.34. The number of carbonyl (C=O) groups is 1. The van der Waals surface area contributed by atoms with Crippen LogP contribution in [0.3, 0.4) is 0 Å². The van der Waals surface area contributed by atoms with Crippen molar-refractivity contribution in [3.63, 3.8) is 0 Å². The van der Waals surface area contributed by atoms with Crippen LogP contribution in [0, 0.1) is 19.7 Å². The van der Waals surface area contributed by atoms with E-state index in [2.05, 4.69) is 35.6 Å². The molecule has 0 saturated carbocycles. The minimum atomic E-state index is -4.98. The summed E-state index contributed by atoms with van der Waals surface area (Å²) in [6.45, 7) is 3.57. The maximum atomic E-state index is 14.7. The third kappa shape index (κ3) is 5.55. The minimum absolute atomic E-state index is 0.160. The van der Waals surface area contributed by atoms with E-state index in [0.29, 0.717) is 40.5 Å². The first-order chi connectivity index (χ1) is 21.1. The van der Waals surface area contributed by atoms with E-state index in [1.54, 1.807) is 36.8 Å². The first-order valence-corrected chi connectivity index (χ1v) is 13.8. The van der Waals surface area contributed by atoms with Crippen LogP contribution in [0.5, 0.6) is 0 Å². The molecule has 6 rings (SSSR count). The highest BCUT2D eigenvalue weighted by Crippen LogP contribution is 2.36. The van der Waals surface area contributed by atoms with E-state index in [0.717, 1.165) is 37.9 Å². The first-order valence-electron chi connectivity index (χ1n) is 13.8. The number of imidazole rings is 1. The van der Waals surface area contributed by atoms with Crippen molar-refractivity contribution in [2.45, 2.75) is 45.5 Å². The lowest BCUT2D eigenvalue weighted by atomic mass is 10.1. The molecule has 226 valence electrons. The summed E-state index contributed by atoms with van der Waals surface area (Å²) in [5.41, 5.74) is 0.966. The zero-order valence-corrected chi connectivity index (χ0v) is 23.6. The molecule has 1 aromatic carbocycles. The van der Waals surface area contributed by atoms with Gasteiger partial charge >= 0.3 is 6.18 Å². The Morgan fingerprint density at radius 3 is 2.66 bits per heavy atom. The number of amides is 1. The monoisotopic (exact) mass is 606 g/mol. The summed E-state index contributed by atoms with van der Waals surface area (Å²) in [7, 11) is 0. The Bertz CT molecular complexity index is 1870. The van der Waals surface area contributed by atoms with Crippen molar-refractivity contribution in [1.82, 2.24) is 29.5 Å². The van der Waals surface area contributed by atoms with E-state index in [1.165, 1.54) is 6.33 Å². The van der Waals surface area contributed by atoms with Gasteiger partial charge in [-0.25, -0.2) is 29.3 Å². The van der Waals surface area contributed by atoms with Gasteiger partial charge in [-0.1, -0.05) is 6.07 Å². The molecular formula is C30H26F4N8O2. The van der Waals surface area contributed by atoms with Crippen molar-refractivity contribution in [3.8, 4) is 11.3 Å². The number of halogens is 4. The largest absolute Gasteiger partial charge is 0.419 e. The second kappa shape index (κ2) is 11.6. The number of carbonyl (C=O) groups excluding carboxylic acids is 1. The molecule has 1 amide bonds. The summed E-state index contributed by atoms with van der Waals surface area (Å²) in [4.78, 5) is 34.5. The van der Waals surface area contributed by atoms with E-state index in [9.17, 15) is 22.4 Å². The Kier molecular flexibility index (Phi) is 7.67. The molecule has 5 aromatic rings. The number of anilines is 3. The number of pyridine rings is 2. The fraction of sp³-hybridized carbons (Fsp3) is 0.267. The number of nitrogens with one attached hydrogen (secondary N) is 2. The van der Waals surface area contributed by atoms with Gasteiger partial charge in [0.05, 0.1) is 11.9 Å². The van der Waals surface area contributed by atoms with E-state index >= 15 is 0 Å². The van der Waals surface area contributed by atoms with Gasteiger partial charge in [0.1, 0.15) is 29.6 Å². The fourth-order valence-electron chi connectivity index (χ4n) is 5.13. The summed E-state index contributed by atoms with van der Waals surface area (Å²) in [6.07, 6.45) is 3.34. The van der Waals surface area contributed by atoms with Crippen molar-refractivity contribution in [1.29, 1.82) is 0 Å². The number of alkyl halides is 3. The minimum Gasteiger partial charge on any atom is -0.358 e. The lowest BCUT2D eigenvalue weighted by Crippen LogP contribution is -2.20. The molecule has 14 heteroatoms. The topological polar surface area (TPSA) is 120 Å². The number of fused-ring (bicyclic) bond motifs is 1. The molecule has 0 spiro atoms. The molecule has 44 heavy (non-hydrogen) atoms. The molecule has 0 aliphatic carbocycles. The van der Waals surface area contributed by atoms with Crippen LogP contribution in [0.4, 0.5) is 34.8 Å². The van der Waals surface area contributed by atoms with Gasteiger partial charge < -0.3 is 15.4 Å². The van der Waals surface area contributed by atoms with Gasteiger partial charge in [-0.2, -0.15) is 13.2 Å². The smallest absolute Gasteiger partial charge is 0.358 e. The molecule has 1 aliphatic rings. The van der Waals surface area contributed by atoms with Crippen LogP contribution < -0.4 is 10.6 Å². The van der Waals surface area contributed by atoms with Gasteiger partial charge in [-0.05, 0) is 68.5 Å². The van der Waals surface area contributed by atoms with Crippen LogP contribution in [0.2, 0.25) is 0 Å². The predicted molar refractivity (Wildman–Crippen MR) is 154 cm³/mol. The average Bonchev–Trinajstić information content (AvgIpc) is 3.43. The maximum Gasteiger partial charge on any atom is 0.419 e. The molecule has 1 fully saturated rings. The highest BCUT2D eigenvalue weighted by Gasteiger charge is 2.38. The van der Waals surface area contributed by atoms with Crippen molar-refractivity contribution in [3.05, 3.63) is 83.6 Å². The summed E-state index contributed by atoms with van der Waals surface area (Å²) in [5, 5.41) is 5.70. The Labute approximate surface area is 248 Å².